The lowest BCUT2D eigenvalue weighted by Gasteiger charge is -2.10. The Kier molecular flexibility index (Phi) is 5.25. The summed E-state index contributed by atoms with van der Waals surface area (Å²) in [4.78, 5) is 22.7. The smallest absolute Gasteiger partial charge is 0.412 e. The summed E-state index contributed by atoms with van der Waals surface area (Å²) in [6, 6.07) is 11.5. The highest BCUT2D eigenvalue weighted by Crippen LogP contribution is 2.29. The van der Waals surface area contributed by atoms with Gasteiger partial charge in [-0.15, -0.1) is 0 Å². The zero-order valence-electron chi connectivity index (χ0n) is 11.2. The Morgan fingerprint density at radius 1 is 1.09 bits per heavy atom. The van der Waals surface area contributed by atoms with Crippen molar-refractivity contribution in [3.8, 4) is 0 Å². The van der Waals surface area contributed by atoms with E-state index in [1.54, 1.807) is 0 Å². The fourth-order valence-electron chi connectivity index (χ4n) is 1.68. The Labute approximate surface area is 136 Å². The van der Waals surface area contributed by atoms with Crippen LogP contribution in [0.4, 0.5) is 10.5 Å². The number of ether oxygens (including phenoxy) is 1. The van der Waals surface area contributed by atoms with E-state index in [0.29, 0.717) is 0 Å². The number of rotatable bonds is 4. The monoisotopic (exact) mass is 339 g/mol. The molecule has 0 aliphatic carbocycles. The van der Waals surface area contributed by atoms with Gasteiger partial charge in [0.15, 0.2) is 0 Å². The second-order valence-electron chi connectivity index (χ2n) is 4.30. The molecule has 0 radical (unpaired) electrons. The minimum absolute atomic E-state index is 0.0132. The number of benzene rings is 2. The maximum Gasteiger partial charge on any atom is 0.412 e. The molecule has 0 saturated heterocycles. The van der Waals surface area contributed by atoms with Crippen molar-refractivity contribution in [2.45, 2.75) is 6.61 Å². The van der Waals surface area contributed by atoms with Crippen molar-refractivity contribution in [3.05, 3.63) is 63.6 Å². The topological polar surface area (TPSA) is 75.6 Å². The highest BCUT2D eigenvalue weighted by atomic mass is 35.5. The molecule has 0 aliphatic heterocycles. The van der Waals surface area contributed by atoms with E-state index < -0.39 is 12.1 Å². The number of hydrogen-bond donors (Lipinski definition) is 2. The van der Waals surface area contributed by atoms with Crippen LogP contribution in [0.3, 0.4) is 0 Å². The van der Waals surface area contributed by atoms with E-state index in [2.05, 4.69) is 5.32 Å². The third-order valence-electron chi connectivity index (χ3n) is 2.74. The van der Waals surface area contributed by atoms with E-state index in [1.165, 1.54) is 12.1 Å². The molecule has 0 atom stereocenters. The predicted molar refractivity (Wildman–Crippen MR) is 83.7 cm³/mol. The van der Waals surface area contributed by atoms with Crippen LogP contribution in [-0.2, 0) is 11.3 Å². The van der Waals surface area contributed by atoms with Gasteiger partial charge in [0.05, 0.1) is 21.3 Å². The third kappa shape index (κ3) is 4.13. The van der Waals surface area contributed by atoms with Gasteiger partial charge in [0.25, 0.3) is 0 Å². The summed E-state index contributed by atoms with van der Waals surface area (Å²) in [5.74, 6) is -1.22. The predicted octanol–water partition coefficient (Wildman–Crippen LogP) is 4.44. The minimum atomic E-state index is -1.22. The molecule has 0 aromatic heterocycles. The normalized spacial score (nSPS) is 10.1. The van der Waals surface area contributed by atoms with Crippen molar-refractivity contribution >= 4 is 41.0 Å². The summed E-state index contributed by atoms with van der Waals surface area (Å²) in [6.45, 7) is 0.0870. The van der Waals surface area contributed by atoms with Gasteiger partial charge in [0.1, 0.15) is 6.61 Å². The van der Waals surface area contributed by atoms with Crippen molar-refractivity contribution in [3.63, 3.8) is 0 Å². The molecule has 0 fully saturated rings. The number of carboxylic acid groups (broad SMARTS) is 1. The highest BCUT2D eigenvalue weighted by molar-refractivity contribution is 6.38. The third-order valence-corrected chi connectivity index (χ3v) is 3.36. The van der Waals surface area contributed by atoms with E-state index in [4.69, 9.17) is 33.0 Å². The Morgan fingerprint density at radius 3 is 2.41 bits per heavy atom. The maximum absolute atomic E-state index is 11.7. The van der Waals surface area contributed by atoms with Gasteiger partial charge in [0, 0.05) is 0 Å². The zero-order chi connectivity index (χ0) is 16.1. The number of halogens is 2. The number of carboxylic acids is 1. The standard InChI is InChI=1S/C15H11Cl2NO4/c16-11-7-12(17)13(6-10(11)14(19)20)18-15(21)22-8-9-4-2-1-3-5-9/h1-7H,8H2,(H,18,21)(H,19,20). The molecule has 1 amide bonds. The Balaban J connectivity index is 2.05. The first-order chi connectivity index (χ1) is 10.5. The number of amides is 1. The van der Waals surface area contributed by atoms with Gasteiger partial charge in [-0.2, -0.15) is 0 Å². The summed E-state index contributed by atoms with van der Waals surface area (Å²) in [6.07, 6.45) is -0.746. The molecule has 22 heavy (non-hydrogen) atoms. The fraction of sp³-hybridized carbons (Fsp3) is 0.0667. The number of carbonyl (C=O) groups is 2. The molecule has 2 aromatic carbocycles. The van der Waals surface area contributed by atoms with Crippen molar-refractivity contribution in [2.75, 3.05) is 5.32 Å². The molecular formula is C15H11Cl2NO4. The first kappa shape index (κ1) is 16.1. The molecule has 0 saturated carbocycles. The Bertz CT molecular complexity index is 704. The van der Waals surface area contributed by atoms with Crippen molar-refractivity contribution in [1.29, 1.82) is 0 Å². The van der Waals surface area contributed by atoms with E-state index >= 15 is 0 Å². The van der Waals surface area contributed by atoms with Gasteiger partial charge in [0.2, 0.25) is 0 Å². The molecule has 2 rings (SSSR count). The van der Waals surface area contributed by atoms with E-state index in [1.807, 2.05) is 30.3 Å². The molecule has 0 heterocycles. The average molecular weight is 340 g/mol. The molecule has 7 heteroatoms. The molecule has 114 valence electrons. The summed E-state index contributed by atoms with van der Waals surface area (Å²) in [5.41, 5.74) is 0.775. The van der Waals surface area contributed by atoms with Crippen LogP contribution in [0.2, 0.25) is 10.0 Å². The van der Waals surface area contributed by atoms with Gasteiger partial charge < -0.3 is 9.84 Å². The molecule has 2 N–H and O–H groups in total. The molecule has 5 nitrogen and oxygen atoms in total. The Hall–Kier alpha value is -2.24. The SMILES string of the molecule is O=C(Nc1cc(C(=O)O)c(Cl)cc1Cl)OCc1ccccc1. The van der Waals surface area contributed by atoms with E-state index in [-0.39, 0.29) is 27.9 Å². The molecule has 0 unspecified atom stereocenters. The number of aromatic carboxylic acids is 1. The lowest BCUT2D eigenvalue weighted by atomic mass is 10.2. The molecule has 0 bridgehead atoms. The molecular weight excluding hydrogens is 329 g/mol. The van der Waals surface area contributed by atoms with E-state index in [0.717, 1.165) is 5.56 Å². The second-order valence-corrected chi connectivity index (χ2v) is 5.12. The summed E-state index contributed by atoms with van der Waals surface area (Å²) in [7, 11) is 0. The number of anilines is 1. The zero-order valence-corrected chi connectivity index (χ0v) is 12.7. The van der Waals surface area contributed by atoms with Crippen LogP contribution in [0.5, 0.6) is 0 Å². The number of carbonyl (C=O) groups excluding carboxylic acids is 1. The Morgan fingerprint density at radius 2 is 1.77 bits per heavy atom. The van der Waals surface area contributed by atoms with Crippen molar-refractivity contribution in [1.82, 2.24) is 0 Å². The van der Waals surface area contributed by atoms with Crippen LogP contribution in [0, 0.1) is 0 Å². The number of hydrogen-bond acceptors (Lipinski definition) is 3. The van der Waals surface area contributed by atoms with E-state index in [9.17, 15) is 9.59 Å². The highest BCUT2D eigenvalue weighted by Gasteiger charge is 2.15. The summed E-state index contributed by atoms with van der Waals surface area (Å²) >= 11 is 11.7. The van der Waals surface area contributed by atoms with Gasteiger partial charge >= 0.3 is 12.1 Å². The molecule has 2 aromatic rings. The lowest BCUT2D eigenvalue weighted by Crippen LogP contribution is -2.14. The van der Waals surface area contributed by atoms with Crippen molar-refractivity contribution in [2.24, 2.45) is 0 Å². The quantitative estimate of drug-likeness (QED) is 0.863. The first-order valence-corrected chi connectivity index (χ1v) is 6.93. The average Bonchev–Trinajstić information content (AvgIpc) is 2.48. The molecule has 0 aliphatic rings. The fourth-order valence-corrected chi connectivity index (χ4v) is 2.19. The lowest BCUT2D eigenvalue weighted by molar-refractivity contribution is 0.0697. The largest absolute Gasteiger partial charge is 0.478 e. The van der Waals surface area contributed by atoms with Crippen LogP contribution in [-0.4, -0.2) is 17.2 Å². The second kappa shape index (κ2) is 7.15. The summed E-state index contributed by atoms with van der Waals surface area (Å²) < 4.78 is 5.03. The van der Waals surface area contributed by atoms with Crippen molar-refractivity contribution < 1.29 is 19.4 Å². The van der Waals surface area contributed by atoms with Gasteiger partial charge in [-0.3, -0.25) is 5.32 Å². The van der Waals surface area contributed by atoms with Crippen LogP contribution in [0.1, 0.15) is 15.9 Å². The van der Waals surface area contributed by atoms with Crippen LogP contribution >= 0.6 is 23.2 Å². The van der Waals surface area contributed by atoms with Crippen LogP contribution < -0.4 is 5.32 Å². The first-order valence-electron chi connectivity index (χ1n) is 6.17. The summed E-state index contributed by atoms with van der Waals surface area (Å²) in [5, 5.41) is 11.5. The minimum Gasteiger partial charge on any atom is -0.478 e. The van der Waals surface area contributed by atoms with Crippen LogP contribution in [0.15, 0.2) is 42.5 Å². The molecule has 0 spiro atoms. The van der Waals surface area contributed by atoms with Gasteiger partial charge in [-0.05, 0) is 17.7 Å². The van der Waals surface area contributed by atoms with Gasteiger partial charge in [-0.25, -0.2) is 9.59 Å². The van der Waals surface area contributed by atoms with Gasteiger partial charge in [-0.1, -0.05) is 53.5 Å². The van der Waals surface area contributed by atoms with Crippen LogP contribution in [0.25, 0.3) is 0 Å². The maximum atomic E-state index is 11.7. The number of nitrogens with one attached hydrogen (secondary N) is 1.